The summed E-state index contributed by atoms with van der Waals surface area (Å²) in [5.74, 6) is 5.98. The molecule has 0 fully saturated rings. The largest absolute Gasteiger partial charge is 0.330 e. The maximum atomic E-state index is 8.60. The van der Waals surface area contributed by atoms with E-state index in [4.69, 9.17) is 11.0 Å². The zero-order valence-corrected chi connectivity index (χ0v) is 7.96. The van der Waals surface area contributed by atoms with Gasteiger partial charge >= 0.3 is 0 Å². The van der Waals surface area contributed by atoms with Crippen molar-refractivity contribution < 1.29 is 0 Å². The molecule has 0 heterocycles. The SMILES string of the molecule is N#CCc1ccccc1C#CCCN. The summed E-state index contributed by atoms with van der Waals surface area (Å²) in [7, 11) is 0. The van der Waals surface area contributed by atoms with E-state index in [1.54, 1.807) is 0 Å². The number of nitrogens with two attached hydrogens (primary N) is 1. The molecule has 0 atom stereocenters. The van der Waals surface area contributed by atoms with Crippen LogP contribution in [0.3, 0.4) is 0 Å². The van der Waals surface area contributed by atoms with Crippen LogP contribution in [0.2, 0.25) is 0 Å². The molecule has 0 saturated carbocycles. The van der Waals surface area contributed by atoms with Gasteiger partial charge in [0.15, 0.2) is 0 Å². The van der Waals surface area contributed by atoms with Crippen molar-refractivity contribution in [3.63, 3.8) is 0 Å². The van der Waals surface area contributed by atoms with E-state index < -0.39 is 0 Å². The smallest absolute Gasteiger partial charge is 0.0670 e. The van der Waals surface area contributed by atoms with E-state index in [2.05, 4.69) is 17.9 Å². The van der Waals surface area contributed by atoms with Gasteiger partial charge in [-0.2, -0.15) is 5.26 Å². The van der Waals surface area contributed by atoms with Gasteiger partial charge < -0.3 is 5.73 Å². The van der Waals surface area contributed by atoms with E-state index >= 15 is 0 Å². The molecule has 0 radical (unpaired) electrons. The average Bonchev–Trinajstić information content (AvgIpc) is 2.21. The minimum Gasteiger partial charge on any atom is -0.330 e. The van der Waals surface area contributed by atoms with Crippen LogP contribution in [0.5, 0.6) is 0 Å². The molecule has 2 nitrogen and oxygen atoms in total. The van der Waals surface area contributed by atoms with E-state index in [1.165, 1.54) is 0 Å². The van der Waals surface area contributed by atoms with Crippen LogP contribution in [0.1, 0.15) is 17.5 Å². The van der Waals surface area contributed by atoms with Crippen LogP contribution in [-0.4, -0.2) is 6.54 Å². The van der Waals surface area contributed by atoms with E-state index in [0.29, 0.717) is 19.4 Å². The fourth-order valence-electron chi connectivity index (χ4n) is 1.11. The molecule has 0 aliphatic carbocycles. The van der Waals surface area contributed by atoms with Gasteiger partial charge in [-0.15, -0.1) is 0 Å². The molecule has 2 heteroatoms. The molecule has 1 aromatic carbocycles. The highest BCUT2D eigenvalue weighted by Gasteiger charge is 1.96. The summed E-state index contributed by atoms with van der Waals surface area (Å²) in [6, 6.07) is 9.82. The second kappa shape index (κ2) is 5.80. The van der Waals surface area contributed by atoms with Gasteiger partial charge in [0.25, 0.3) is 0 Å². The van der Waals surface area contributed by atoms with Crippen molar-refractivity contribution in [2.45, 2.75) is 12.8 Å². The van der Waals surface area contributed by atoms with Crippen LogP contribution in [-0.2, 0) is 6.42 Å². The van der Waals surface area contributed by atoms with Crippen LogP contribution in [0.4, 0.5) is 0 Å². The van der Waals surface area contributed by atoms with Crippen molar-refractivity contribution in [2.24, 2.45) is 5.73 Å². The lowest BCUT2D eigenvalue weighted by Gasteiger charge is -1.97. The molecule has 0 bridgehead atoms. The van der Waals surface area contributed by atoms with Crippen LogP contribution >= 0.6 is 0 Å². The van der Waals surface area contributed by atoms with Crippen LogP contribution in [0.15, 0.2) is 24.3 Å². The third-order valence-corrected chi connectivity index (χ3v) is 1.78. The van der Waals surface area contributed by atoms with Gasteiger partial charge in [-0.25, -0.2) is 0 Å². The number of hydrogen-bond donors (Lipinski definition) is 1. The predicted molar refractivity (Wildman–Crippen MR) is 56.3 cm³/mol. The number of nitriles is 1. The molecule has 0 aromatic heterocycles. The number of rotatable bonds is 2. The molecule has 2 N–H and O–H groups in total. The summed E-state index contributed by atoms with van der Waals surface area (Å²) in [4.78, 5) is 0. The Kier molecular flexibility index (Phi) is 4.27. The van der Waals surface area contributed by atoms with Gasteiger partial charge in [-0.3, -0.25) is 0 Å². The van der Waals surface area contributed by atoms with Gasteiger partial charge in [0, 0.05) is 18.5 Å². The van der Waals surface area contributed by atoms with Gasteiger partial charge in [-0.05, 0) is 11.6 Å². The lowest BCUT2D eigenvalue weighted by atomic mass is 10.1. The second-order valence-electron chi connectivity index (χ2n) is 2.83. The minimum absolute atomic E-state index is 0.410. The van der Waals surface area contributed by atoms with E-state index in [1.807, 2.05) is 24.3 Å². The zero-order valence-electron chi connectivity index (χ0n) is 7.96. The Labute approximate surface area is 84.4 Å². The Morgan fingerprint density at radius 3 is 2.79 bits per heavy atom. The first-order chi connectivity index (χ1) is 6.88. The van der Waals surface area contributed by atoms with Crippen LogP contribution in [0.25, 0.3) is 0 Å². The van der Waals surface area contributed by atoms with E-state index in [9.17, 15) is 0 Å². The topological polar surface area (TPSA) is 49.8 Å². The maximum absolute atomic E-state index is 8.60. The molecule has 1 aromatic rings. The Balaban J connectivity index is 2.87. The third kappa shape index (κ3) is 2.94. The highest BCUT2D eigenvalue weighted by atomic mass is 14.5. The van der Waals surface area contributed by atoms with E-state index in [-0.39, 0.29) is 0 Å². The lowest BCUT2D eigenvalue weighted by molar-refractivity contribution is 1.03. The number of benzene rings is 1. The first kappa shape index (κ1) is 10.3. The van der Waals surface area contributed by atoms with Crippen molar-refractivity contribution in [1.29, 1.82) is 5.26 Å². The summed E-state index contributed by atoms with van der Waals surface area (Å²) in [5, 5.41) is 8.60. The molecular weight excluding hydrogens is 172 g/mol. The van der Waals surface area contributed by atoms with Crippen molar-refractivity contribution in [3.05, 3.63) is 35.4 Å². The quantitative estimate of drug-likeness (QED) is 0.707. The maximum Gasteiger partial charge on any atom is 0.0670 e. The molecule has 14 heavy (non-hydrogen) atoms. The van der Waals surface area contributed by atoms with Crippen LogP contribution < -0.4 is 5.73 Å². The third-order valence-electron chi connectivity index (χ3n) is 1.78. The molecular formula is C12H12N2. The molecule has 0 spiro atoms. The van der Waals surface area contributed by atoms with Gasteiger partial charge in [0.05, 0.1) is 12.5 Å². The van der Waals surface area contributed by atoms with Crippen molar-refractivity contribution in [2.75, 3.05) is 6.54 Å². The molecule has 70 valence electrons. The fraction of sp³-hybridized carbons (Fsp3) is 0.250. The Hall–Kier alpha value is -1.77. The second-order valence-corrected chi connectivity index (χ2v) is 2.83. The molecule has 0 aliphatic heterocycles. The lowest BCUT2D eigenvalue weighted by Crippen LogP contribution is -1.95. The molecule has 0 saturated heterocycles. The van der Waals surface area contributed by atoms with Crippen molar-refractivity contribution >= 4 is 0 Å². The van der Waals surface area contributed by atoms with Crippen LogP contribution in [0, 0.1) is 23.2 Å². The monoisotopic (exact) mass is 184 g/mol. The standard InChI is InChI=1S/C12H12N2/c13-9-4-3-7-11-5-1-2-6-12(11)8-10-14/h1-2,5-6H,4,8-9,13H2. The van der Waals surface area contributed by atoms with Crippen molar-refractivity contribution in [1.82, 2.24) is 0 Å². The zero-order chi connectivity index (χ0) is 10.2. The van der Waals surface area contributed by atoms with Gasteiger partial charge in [0.2, 0.25) is 0 Å². The Morgan fingerprint density at radius 1 is 1.29 bits per heavy atom. The summed E-state index contributed by atoms with van der Waals surface area (Å²) in [6.45, 7) is 0.577. The summed E-state index contributed by atoms with van der Waals surface area (Å²) >= 11 is 0. The summed E-state index contributed by atoms with van der Waals surface area (Å²) in [5.41, 5.74) is 7.25. The summed E-state index contributed by atoms with van der Waals surface area (Å²) in [6.07, 6.45) is 1.11. The average molecular weight is 184 g/mol. The molecule has 0 unspecified atom stereocenters. The number of nitrogens with zero attached hydrogens (tertiary/aromatic N) is 1. The number of hydrogen-bond acceptors (Lipinski definition) is 2. The molecule has 0 aliphatic rings. The fourth-order valence-corrected chi connectivity index (χ4v) is 1.11. The Morgan fingerprint density at radius 2 is 2.07 bits per heavy atom. The Bertz CT molecular complexity index is 391. The first-order valence-corrected chi connectivity index (χ1v) is 4.52. The normalized spacial score (nSPS) is 8.57. The van der Waals surface area contributed by atoms with Crippen molar-refractivity contribution in [3.8, 4) is 17.9 Å². The van der Waals surface area contributed by atoms with Gasteiger partial charge in [0.1, 0.15) is 0 Å². The molecule has 1 rings (SSSR count). The minimum atomic E-state index is 0.410. The highest BCUT2D eigenvalue weighted by Crippen LogP contribution is 2.07. The van der Waals surface area contributed by atoms with Gasteiger partial charge in [-0.1, -0.05) is 30.0 Å². The molecule has 0 amide bonds. The van der Waals surface area contributed by atoms with E-state index in [0.717, 1.165) is 11.1 Å². The highest BCUT2D eigenvalue weighted by molar-refractivity contribution is 5.42. The summed E-state index contributed by atoms with van der Waals surface area (Å²) < 4.78 is 0. The predicted octanol–water partition coefficient (Wildman–Crippen LogP) is 1.45. The first-order valence-electron chi connectivity index (χ1n) is 4.52.